The van der Waals surface area contributed by atoms with Crippen molar-refractivity contribution in [3.8, 4) is 0 Å². The van der Waals surface area contributed by atoms with Crippen molar-refractivity contribution in [1.29, 1.82) is 0 Å². The first-order valence-corrected chi connectivity index (χ1v) is 8.44. The molecular weight excluding hydrogens is 316 g/mol. The quantitative estimate of drug-likeness (QED) is 0.788. The number of benzene rings is 1. The summed E-state index contributed by atoms with van der Waals surface area (Å²) in [5, 5.41) is 0.738. The molecule has 1 heterocycles. The van der Waals surface area contributed by atoms with E-state index in [4.69, 9.17) is 0 Å². The van der Waals surface area contributed by atoms with Crippen LogP contribution in [0.3, 0.4) is 0 Å². The average molecular weight is 333 g/mol. The Hall–Kier alpha value is -0.430. The van der Waals surface area contributed by atoms with Crippen molar-refractivity contribution < 1.29 is 8.42 Å². The number of halogens is 1. The lowest BCUT2D eigenvalue weighted by Crippen LogP contribution is -2.46. The lowest BCUT2D eigenvalue weighted by Gasteiger charge is -2.31. The topological polar surface area (TPSA) is 40.6 Å². The van der Waals surface area contributed by atoms with Gasteiger partial charge in [-0.25, -0.2) is 8.42 Å². The molecule has 100 valence electrons. The van der Waals surface area contributed by atoms with E-state index in [1.807, 2.05) is 19.2 Å². The molecule has 6 heteroatoms. The molecule has 0 aromatic heterocycles. The lowest BCUT2D eigenvalue weighted by molar-refractivity contribution is 0.222. The minimum Gasteiger partial charge on any atom is -0.304 e. The molecule has 0 atom stereocenters. The molecule has 1 aromatic rings. The van der Waals surface area contributed by atoms with Crippen LogP contribution in [0.15, 0.2) is 29.2 Å². The maximum atomic E-state index is 12.4. The summed E-state index contributed by atoms with van der Waals surface area (Å²) in [4.78, 5) is 2.52. The van der Waals surface area contributed by atoms with E-state index in [1.165, 1.54) is 0 Å². The molecule has 1 fully saturated rings. The Kier molecular flexibility index (Phi) is 4.42. The highest BCUT2D eigenvalue weighted by atomic mass is 79.9. The van der Waals surface area contributed by atoms with Crippen molar-refractivity contribution in [2.75, 3.05) is 33.2 Å². The summed E-state index contributed by atoms with van der Waals surface area (Å²) in [6.07, 6.45) is 0. The van der Waals surface area contributed by atoms with Crippen molar-refractivity contribution in [1.82, 2.24) is 9.21 Å². The van der Waals surface area contributed by atoms with E-state index >= 15 is 0 Å². The molecule has 0 saturated carbocycles. The number of hydrogen-bond donors (Lipinski definition) is 0. The van der Waals surface area contributed by atoms with E-state index in [0.29, 0.717) is 18.0 Å². The van der Waals surface area contributed by atoms with Gasteiger partial charge < -0.3 is 4.90 Å². The summed E-state index contributed by atoms with van der Waals surface area (Å²) in [6.45, 7) is 2.72. The molecule has 1 aliphatic heterocycles. The Labute approximate surface area is 117 Å². The van der Waals surface area contributed by atoms with Gasteiger partial charge in [-0.05, 0) is 24.7 Å². The number of piperazine rings is 1. The summed E-state index contributed by atoms with van der Waals surface area (Å²) >= 11 is 3.35. The molecule has 18 heavy (non-hydrogen) atoms. The second-order valence-electron chi connectivity index (χ2n) is 4.48. The summed E-state index contributed by atoms with van der Waals surface area (Å²) in [7, 11) is -1.31. The monoisotopic (exact) mass is 332 g/mol. The number of sulfonamides is 1. The normalized spacial score (nSPS) is 19.0. The van der Waals surface area contributed by atoms with Crippen LogP contribution in [0.5, 0.6) is 0 Å². The Morgan fingerprint density at radius 2 is 1.67 bits per heavy atom. The Morgan fingerprint density at radius 1 is 1.11 bits per heavy atom. The molecule has 0 spiro atoms. The van der Waals surface area contributed by atoms with Crippen LogP contribution in [0.25, 0.3) is 0 Å². The minimum atomic E-state index is -3.32. The van der Waals surface area contributed by atoms with E-state index in [2.05, 4.69) is 20.8 Å². The highest BCUT2D eigenvalue weighted by Crippen LogP contribution is 2.18. The predicted molar refractivity (Wildman–Crippen MR) is 75.3 cm³/mol. The van der Waals surface area contributed by atoms with E-state index in [1.54, 1.807) is 16.4 Å². The zero-order valence-corrected chi connectivity index (χ0v) is 12.7. The fourth-order valence-electron chi connectivity index (χ4n) is 1.93. The first-order valence-electron chi connectivity index (χ1n) is 5.87. The second-order valence-corrected chi connectivity index (χ2v) is 6.98. The maximum Gasteiger partial charge on any atom is 0.243 e. The van der Waals surface area contributed by atoms with Gasteiger partial charge in [0, 0.05) is 31.5 Å². The lowest BCUT2D eigenvalue weighted by atomic mass is 10.2. The van der Waals surface area contributed by atoms with Gasteiger partial charge >= 0.3 is 0 Å². The number of alkyl halides is 1. The van der Waals surface area contributed by atoms with Crippen LogP contribution < -0.4 is 0 Å². The molecule has 2 rings (SSSR count). The van der Waals surface area contributed by atoms with E-state index in [0.717, 1.165) is 24.0 Å². The first kappa shape index (κ1) is 14.0. The van der Waals surface area contributed by atoms with Gasteiger partial charge in [-0.3, -0.25) is 0 Å². The molecule has 0 N–H and O–H groups in total. The largest absolute Gasteiger partial charge is 0.304 e. The summed E-state index contributed by atoms with van der Waals surface area (Å²) in [5.74, 6) is 0. The van der Waals surface area contributed by atoms with Crippen LogP contribution in [0.1, 0.15) is 5.56 Å². The Balaban J connectivity index is 2.19. The molecule has 0 unspecified atom stereocenters. The third-order valence-corrected chi connectivity index (χ3v) is 5.74. The maximum absolute atomic E-state index is 12.4. The van der Waals surface area contributed by atoms with Crippen LogP contribution in [-0.4, -0.2) is 50.8 Å². The molecule has 1 aliphatic rings. The number of likely N-dealkylation sites (N-methyl/N-ethyl adjacent to an activating group) is 1. The number of nitrogens with zero attached hydrogens (tertiary/aromatic N) is 2. The number of hydrogen-bond acceptors (Lipinski definition) is 3. The highest BCUT2D eigenvalue weighted by molar-refractivity contribution is 9.08. The number of rotatable bonds is 3. The standard InChI is InChI=1S/C12H17BrN2O2S/c1-14-6-8-15(9-7-14)18(16,17)12-4-2-11(10-13)3-5-12/h2-5H,6-10H2,1H3. The van der Waals surface area contributed by atoms with Gasteiger partial charge in [-0.2, -0.15) is 4.31 Å². The highest BCUT2D eigenvalue weighted by Gasteiger charge is 2.27. The van der Waals surface area contributed by atoms with Crippen LogP contribution in [-0.2, 0) is 15.4 Å². The zero-order valence-electron chi connectivity index (χ0n) is 10.3. The fourth-order valence-corrected chi connectivity index (χ4v) is 3.72. The summed E-state index contributed by atoms with van der Waals surface area (Å²) in [6, 6.07) is 7.06. The van der Waals surface area contributed by atoms with Gasteiger partial charge in [-0.1, -0.05) is 28.1 Å². The van der Waals surface area contributed by atoms with Crippen molar-refractivity contribution in [2.24, 2.45) is 0 Å². The van der Waals surface area contributed by atoms with Crippen LogP contribution in [0.4, 0.5) is 0 Å². The van der Waals surface area contributed by atoms with Crippen LogP contribution in [0, 0.1) is 0 Å². The average Bonchev–Trinajstić information content (AvgIpc) is 2.39. The zero-order chi connectivity index (χ0) is 13.2. The van der Waals surface area contributed by atoms with Crippen LogP contribution >= 0.6 is 15.9 Å². The van der Waals surface area contributed by atoms with Crippen molar-refractivity contribution in [2.45, 2.75) is 10.2 Å². The van der Waals surface area contributed by atoms with E-state index in [-0.39, 0.29) is 0 Å². The summed E-state index contributed by atoms with van der Waals surface area (Å²) < 4.78 is 26.3. The van der Waals surface area contributed by atoms with Crippen LogP contribution in [0.2, 0.25) is 0 Å². The Bertz CT molecular complexity index is 493. The molecule has 1 saturated heterocycles. The van der Waals surface area contributed by atoms with Crippen molar-refractivity contribution in [3.05, 3.63) is 29.8 Å². The second kappa shape index (κ2) is 5.69. The van der Waals surface area contributed by atoms with Gasteiger partial charge in [0.05, 0.1) is 4.90 Å². The van der Waals surface area contributed by atoms with E-state index in [9.17, 15) is 8.42 Å². The first-order chi connectivity index (χ1) is 8.54. The van der Waals surface area contributed by atoms with Gasteiger partial charge in [-0.15, -0.1) is 0 Å². The molecule has 0 radical (unpaired) electrons. The third kappa shape index (κ3) is 2.93. The van der Waals surface area contributed by atoms with Crippen molar-refractivity contribution >= 4 is 26.0 Å². The molecule has 0 bridgehead atoms. The van der Waals surface area contributed by atoms with Gasteiger partial charge in [0.1, 0.15) is 0 Å². The smallest absolute Gasteiger partial charge is 0.243 e. The SMILES string of the molecule is CN1CCN(S(=O)(=O)c2ccc(CBr)cc2)CC1. The fraction of sp³-hybridized carbons (Fsp3) is 0.500. The minimum absolute atomic E-state index is 0.386. The van der Waals surface area contributed by atoms with Gasteiger partial charge in [0.2, 0.25) is 10.0 Å². The Morgan fingerprint density at radius 3 is 2.17 bits per heavy atom. The van der Waals surface area contributed by atoms with Crippen molar-refractivity contribution in [3.63, 3.8) is 0 Å². The van der Waals surface area contributed by atoms with Gasteiger partial charge in [0.15, 0.2) is 0 Å². The third-order valence-electron chi connectivity index (χ3n) is 3.18. The molecule has 0 amide bonds. The molecular formula is C12H17BrN2O2S. The summed E-state index contributed by atoms with van der Waals surface area (Å²) in [5.41, 5.74) is 1.08. The van der Waals surface area contributed by atoms with E-state index < -0.39 is 10.0 Å². The molecule has 1 aromatic carbocycles. The molecule has 0 aliphatic carbocycles. The molecule has 4 nitrogen and oxygen atoms in total. The predicted octanol–water partition coefficient (Wildman–Crippen LogP) is 1.52. The van der Waals surface area contributed by atoms with Gasteiger partial charge in [0.25, 0.3) is 0 Å².